The Morgan fingerprint density at radius 1 is 1.61 bits per heavy atom. The molecule has 18 heavy (non-hydrogen) atoms. The summed E-state index contributed by atoms with van der Waals surface area (Å²) in [5.41, 5.74) is 1.46. The number of hydrogen-bond acceptors (Lipinski definition) is 3. The largest absolute Gasteiger partial charge is 0.316 e. The molecule has 0 aliphatic carbocycles. The molecule has 5 heteroatoms. The van der Waals surface area contributed by atoms with Gasteiger partial charge in [0.15, 0.2) is 0 Å². The van der Waals surface area contributed by atoms with Gasteiger partial charge in [0.25, 0.3) is 0 Å². The molecule has 1 aromatic rings. The van der Waals surface area contributed by atoms with Crippen molar-refractivity contribution in [3.8, 4) is 0 Å². The van der Waals surface area contributed by atoms with Crippen LogP contribution in [-0.4, -0.2) is 28.7 Å². The van der Waals surface area contributed by atoms with Crippen molar-refractivity contribution < 1.29 is 4.79 Å². The molecule has 0 saturated carbocycles. The van der Waals surface area contributed by atoms with E-state index < -0.39 is 0 Å². The Balaban J connectivity index is 2.16. The summed E-state index contributed by atoms with van der Waals surface area (Å²) in [7, 11) is 1.80. The zero-order valence-corrected chi connectivity index (χ0v) is 12.0. The fraction of sp³-hybridized carbons (Fsp3) is 0.692. The van der Waals surface area contributed by atoms with Crippen molar-refractivity contribution in [3.05, 3.63) is 16.4 Å². The Bertz CT molecular complexity index is 461. The van der Waals surface area contributed by atoms with Gasteiger partial charge < -0.3 is 5.32 Å². The van der Waals surface area contributed by atoms with E-state index in [0.29, 0.717) is 11.6 Å². The fourth-order valence-electron chi connectivity index (χ4n) is 2.54. The van der Waals surface area contributed by atoms with E-state index in [2.05, 4.69) is 10.4 Å². The van der Waals surface area contributed by atoms with Gasteiger partial charge in [-0.15, -0.1) is 0 Å². The number of ketones is 1. The first-order valence-electron chi connectivity index (χ1n) is 6.36. The third-order valence-corrected chi connectivity index (χ3v) is 4.35. The highest BCUT2D eigenvalue weighted by Crippen LogP contribution is 2.30. The highest BCUT2D eigenvalue weighted by molar-refractivity contribution is 6.30. The number of hydrogen-bond donors (Lipinski definition) is 1. The normalized spacial score (nSPS) is 24.2. The predicted molar refractivity (Wildman–Crippen MR) is 71.9 cm³/mol. The number of aromatic nitrogens is 2. The Morgan fingerprint density at radius 2 is 2.33 bits per heavy atom. The lowest BCUT2D eigenvalue weighted by atomic mass is 9.77. The van der Waals surface area contributed by atoms with E-state index >= 15 is 0 Å². The van der Waals surface area contributed by atoms with E-state index in [1.807, 2.05) is 13.8 Å². The van der Waals surface area contributed by atoms with Crippen LogP contribution in [0.5, 0.6) is 0 Å². The molecule has 1 aliphatic rings. The van der Waals surface area contributed by atoms with Crippen molar-refractivity contribution in [2.24, 2.45) is 12.5 Å². The van der Waals surface area contributed by atoms with Gasteiger partial charge >= 0.3 is 0 Å². The molecule has 0 aromatic carbocycles. The minimum absolute atomic E-state index is 0.257. The Morgan fingerprint density at radius 3 is 2.83 bits per heavy atom. The molecule has 100 valence electrons. The molecule has 2 heterocycles. The molecule has 1 aromatic heterocycles. The van der Waals surface area contributed by atoms with Crippen LogP contribution in [0, 0.1) is 12.3 Å². The zero-order chi connectivity index (χ0) is 13.3. The van der Waals surface area contributed by atoms with Gasteiger partial charge in [0.2, 0.25) is 0 Å². The maximum Gasteiger partial charge on any atom is 0.144 e. The van der Waals surface area contributed by atoms with Crippen LogP contribution in [-0.2, 0) is 18.3 Å². The molecule has 1 atom stereocenters. The summed E-state index contributed by atoms with van der Waals surface area (Å²) in [4.78, 5) is 12.5. The molecule has 0 radical (unpaired) electrons. The molecule has 1 unspecified atom stereocenters. The van der Waals surface area contributed by atoms with Gasteiger partial charge in [-0.3, -0.25) is 9.48 Å². The SMILES string of the molecule is Cc1nn(C)c(Cl)c1CC(=O)C1(C)CCCNC1. The average Bonchev–Trinajstić information content (AvgIpc) is 2.57. The monoisotopic (exact) mass is 269 g/mol. The van der Waals surface area contributed by atoms with E-state index in [1.165, 1.54) is 0 Å². The smallest absolute Gasteiger partial charge is 0.144 e. The minimum atomic E-state index is -0.260. The lowest BCUT2D eigenvalue weighted by Crippen LogP contribution is -2.44. The second kappa shape index (κ2) is 5.02. The molecular weight excluding hydrogens is 250 g/mol. The van der Waals surface area contributed by atoms with Gasteiger partial charge in [0.1, 0.15) is 10.9 Å². The van der Waals surface area contributed by atoms with Crippen LogP contribution in [0.4, 0.5) is 0 Å². The average molecular weight is 270 g/mol. The molecule has 1 aliphatic heterocycles. The van der Waals surface area contributed by atoms with Gasteiger partial charge in [-0.2, -0.15) is 5.10 Å². The van der Waals surface area contributed by atoms with Crippen LogP contribution in [0.2, 0.25) is 5.15 Å². The highest BCUT2D eigenvalue weighted by Gasteiger charge is 2.35. The number of nitrogens with zero attached hydrogens (tertiary/aromatic N) is 2. The van der Waals surface area contributed by atoms with Gasteiger partial charge in [0.05, 0.1) is 5.69 Å². The summed E-state index contributed by atoms with van der Waals surface area (Å²) in [6.45, 7) is 5.72. The number of nitrogens with one attached hydrogen (secondary N) is 1. The van der Waals surface area contributed by atoms with Crippen LogP contribution < -0.4 is 5.32 Å². The molecule has 0 bridgehead atoms. The van der Waals surface area contributed by atoms with Gasteiger partial charge in [-0.25, -0.2) is 0 Å². The number of carbonyl (C=O) groups is 1. The van der Waals surface area contributed by atoms with Crippen molar-refractivity contribution >= 4 is 17.4 Å². The molecule has 0 spiro atoms. The molecule has 2 rings (SSSR count). The standard InChI is InChI=1S/C13H20ClN3O/c1-9-10(12(14)17(3)16-9)7-11(18)13(2)5-4-6-15-8-13/h15H,4-8H2,1-3H3. The topological polar surface area (TPSA) is 46.9 Å². The number of Topliss-reactive ketones (excluding diaryl/α,β-unsaturated/α-hetero) is 1. The van der Waals surface area contributed by atoms with Crippen LogP contribution in [0.1, 0.15) is 31.0 Å². The number of carbonyl (C=O) groups excluding carboxylic acids is 1. The Hall–Kier alpha value is -0.870. The summed E-state index contributed by atoms with van der Waals surface area (Å²) in [5, 5.41) is 8.13. The lowest BCUT2D eigenvalue weighted by Gasteiger charge is -2.32. The first kappa shape index (κ1) is 13.6. The summed E-state index contributed by atoms with van der Waals surface area (Å²) in [6.07, 6.45) is 2.40. The van der Waals surface area contributed by atoms with Crippen LogP contribution in [0.3, 0.4) is 0 Å². The summed E-state index contributed by atoms with van der Waals surface area (Å²) in [5.74, 6) is 0.257. The van der Waals surface area contributed by atoms with E-state index in [0.717, 1.165) is 37.2 Å². The summed E-state index contributed by atoms with van der Waals surface area (Å²) < 4.78 is 1.63. The number of aryl methyl sites for hydroxylation is 2. The molecule has 0 amide bonds. The van der Waals surface area contributed by atoms with Crippen LogP contribution >= 0.6 is 11.6 Å². The number of piperidine rings is 1. The van der Waals surface area contributed by atoms with Gasteiger partial charge in [0, 0.05) is 31.0 Å². The zero-order valence-electron chi connectivity index (χ0n) is 11.2. The Labute approximate surface area is 113 Å². The lowest BCUT2D eigenvalue weighted by molar-refractivity contribution is -0.128. The third kappa shape index (κ3) is 2.45. The van der Waals surface area contributed by atoms with Crippen molar-refractivity contribution in [1.29, 1.82) is 0 Å². The summed E-state index contributed by atoms with van der Waals surface area (Å²) >= 11 is 6.18. The molecule has 1 fully saturated rings. The molecule has 4 nitrogen and oxygen atoms in total. The van der Waals surface area contributed by atoms with Crippen molar-refractivity contribution in [2.75, 3.05) is 13.1 Å². The summed E-state index contributed by atoms with van der Waals surface area (Å²) in [6, 6.07) is 0. The van der Waals surface area contributed by atoms with Crippen molar-refractivity contribution in [2.45, 2.75) is 33.1 Å². The molecular formula is C13H20ClN3O. The molecule has 1 N–H and O–H groups in total. The van der Waals surface area contributed by atoms with Crippen LogP contribution in [0.15, 0.2) is 0 Å². The number of rotatable bonds is 3. The van der Waals surface area contributed by atoms with Gasteiger partial charge in [-0.1, -0.05) is 18.5 Å². The quantitative estimate of drug-likeness (QED) is 0.912. The highest BCUT2D eigenvalue weighted by atomic mass is 35.5. The minimum Gasteiger partial charge on any atom is -0.316 e. The first-order chi connectivity index (χ1) is 8.44. The fourth-order valence-corrected chi connectivity index (χ4v) is 2.78. The predicted octanol–water partition coefficient (Wildman–Crippen LogP) is 1.88. The second-order valence-corrected chi connectivity index (χ2v) is 5.78. The molecule has 1 saturated heterocycles. The maximum absolute atomic E-state index is 12.5. The van der Waals surface area contributed by atoms with E-state index in [9.17, 15) is 4.79 Å². The maximum atomic E-state index is 12.5. The number of halogens is 1. The van der Waals surface area contributed by atoms with Crippen molar-refractivity contribution in [3.63, 3.8) is 0 Å². The first-order valence-corrected chi connectivity index (χ1v) is 6.74. The van der Waals surface area contributed by atoms with Crippen molar-refractivity contribution in [1.82, 2.24) is 15.1 Å². The van der Waals surface area contributed by atoms with E-state index in [-0.39, 0.29) is 11.2 Å². The van der Waals surface area contributed by atoms with E-state index in [1.54, 1.807) is 11.7 Å². The van der Waals surface area contributed by atoms with Crippen LogP contribution in [0.25, 0.3) is 0 Å². The second-order valence-electron chi connectivity index (χ2n) is 5.42. The Kier molecular flexibility index (Phi) is 3.78. The van der Waals surface area contributed by atoms with Gasteiger partial charge in [-0.05, 0) is 26.3 Å². The third-order valence-electron chi connectivity index (χ3n) is 3.88. The van der Waals surface area contributed by atoms with E-state index in [4.69, 9.17) is 11.6 Å².